The molecule has 0 bridgehead atoms. The molecule has 1 N–H and O–H groups in total. The molecule has 0 heterocycles. The quantitative estimate of drug-likeness (QED) is 0.166. The average Bonchev–Trinajstić information content (AvgIpc) is 2.91. The van der Waals surface area contributed by atoms with Gasteiger partial charge in [0.05, 0.1) is 0 Å². The second-order valence-electron chi connectivity index (χ2n) is 8.87. The van der Waals surface area contributed by atoms with Crippen molar-refractivity contribution in [1.29, 1.82) is 0 Å². The number of thioether (sulfide) groups is 1. The van der Waals surface area contributed by atoms with Gasteiger partial charge in [0.15, 0.2) is 0 Å². The first-order valence-corrected chi connectivity index (χ1v) is 14.4. The zero-order valence-electron chi connectivity index (χ0n) is 21.2. The minimum absolute atomic E-state index is 0.0526. The van der Waals surface area contributed by atoms with Crippen molar-refractivity contribution in [3.8, 4) is 0 Å². The fraction of sp³-hybridized carbons (Fsp3) is 0.333. The van der Waals surface area contributed by atoms with Gasteiger partial charge < -0.3 is 10.2 Å². The molecule has 3 aromatic carbocycles. The first kappa shape index (κ1) is 29.1. The monoisotopic (exact) mass is 556 g/mol. The highest BCUT2D eigenvalue weighted by molar-refractivity contribution is 7.99. The molecule has 0 radical (unpaired) electrons. The highest BCUT2D eigenvalue weighted by Gasteiger charge is 2.30. The number of hydrogen-bond donors (Lipinski definition) is 1. The maximum atomic E-state index is 13.7. The van der Waals surface area contributed by atoms with Crippen LogP contribution in [0.15, 0.2) is 83.8 Å². The van der Waals surface area contributed by atoms with E-state index in [0.717, 1.165) is 34.6 Å². The Morgan fingerprint density at radius 3 is 2.32 bits per heavy atom. The molecule has 196 valence electrons. The van der Waals surface area contributed by atoms with E-state index in [-0.39, 0.29) is 18.4 Å². The van der Waals surface area contributed by atoms with Crippen molar-refractivity contribution < 1.29 is 9.59 Å². The van der Waals surface area contributed by atoms with Crippen LogP contribution in [0.4, 0.5) is 0 Å². The van der Waals surface area contributed by atoms with Crippen molar-refractivity contribution in [3.63, 3.8) is 0 Å². The van der Waals surface area contributed by atoms with E-state index in [1.54, 1.807) is 16.7 Å². The number of amides is 2. The Bertz CT molecular complexity index is 1130. The standard InChI is InChI=1S/C30H34Cl2N2O2S/c1-2-3-19-33-30(36)28(21-23-10-5-4-6-11-23)34(22-24-12-7-8-13-27(24)32)29(35)14-9-20-37-26-17-15-25(31)16-18-26/h4-8,10-13,15-18,28H,2-3,9,14,19-22H2,1H3,(H,33,36)/t28-/m0/s1. The zero-order chi connectivity index (χ0) is 26.5. The SMILES string of the molecule is CCCCNC(=O)[C@H](Cc1ccccc1)N(Cc1ccccc1Cl)C(=O)CCCSc1ccc(Cl)cc1. The Morgan fingerprint density at radius 1 is 0.919 bits per heavy atom. The van der Waals surface area contributed by atoms with Crippen LogP contribution in [0, 0.1) is 0 Å². The van der Waals surface area contributed by atoms with Crippen LogP contribution in [-0.2, 0) is 22.6 Å². The molecule has 2 amide bonds. The zero-order valence-corrected chi connectivity index (χ0v) is 23.5. The largest absolute Gasteiger partial charge is 0.354 e. The summed E-state index contributed by atoms with van der Waals surface area (Å²) in [5.41, 5.74) is 1.83. The van der Waals surface area contributed by atoms with Crippen molar-refractivity contribution >= 4 is 46.8 Å². The van der Waals surface area contributed by atoms with Crippen LogP contribution >= 0.6 is 35.0 Å². The molecule has 0 aliphatic rings. The van der Waals surface area contributed by atoms with Crippen molar-refractivity contribution in [2.75, 3.05) is 12.3 Å². The van der Waals surface area contributed by atoms with Gasteiger partial charge in [-0.2, -0.15) is 0 Å². The second-order valence-corrected chi connectivity index (χ2v) is 10.9. The molecule has 0 aromatic heterocycles. The van der Waals surface area contributed by atoms with Crippen LogP contribution in [0.5, 0.6) is 0 Å². The Labute approximate surface area is 234 Å². The third kappa shape index (κ3) is 9.73. The van der Waals surface area contributed by atoms with E-state index in [1.165, 1.54) is 0 Å². The molecule has 0 saturated heterocycles. The minimum Gasteiger partial charge on any atom is -0.354 e. The number of unbranched alkanes of at least 4 members (excludes halogenated alkanes) is 1. The number of benzene rings is 3. The Morgan fingerprint density at radius 2 is 1.62 bits per heavy atom. The van der Waals surface area contributed by atoms with Crippen molar-refractivity contribution in [1.82, 2.24) is 10.2 Å². The summed E-state index contributed by atoms with van der Waals surface area (Å²) in [6.45, 7) is 2.96. The number of nitrogens with zero attached hydrogens (tertiary/aromatic N) is 1. The fourth-order valence-electron chi connectivity index (χ4n) is 3.96. The number of carbonyl (C=O) groups is 2. The van der Waals surface area contributed by atoms with Crippen molar-refractivity contribution in [3.05, 3.63) is 100 Å². The summed E-state index contributed by atoms with van der Waals surface area (Å²) in [5, 5.41) is 4.34. The van der Waals surface area contributed by atoms with Gasteiger partial charge in [-0.1, -0.05) is 85.1 Å². The number of rotatable bonds is 14. The first-order valence-electron chi connectivity index (χ1n) is 12.7. The molecule has 4 nitrogen and oxygen atoms in total. The molecule has 3 aromatic rings. The topological polar surface area (TPSA) is 49.4 Å². The lowest BCUT2D eigenvalue weighted by Crippen LogP contribution is -2.50. The molecule has 7 heteroatoms. The predicted molar refractivity (Wildman–Crippen MR) is 155 cm³/mol. The summed E-state index contributed by atoms with van der Waals surface area (Å²) in [7, 11) is 0. The molecule has 37 heavy (non-hydrogen) atoms. The van der Waals surface area contributed by atoms with Crippen LogP contribution < -0.4 is 5.32 Å². The van der Waals surface area contributed by atoms with Gasteiger partial charge in [0.1, 0.15) is 6.04 Å². The second kappa shape index (κ2) is 15.7. The predicted octanol–water partition coefficient (Wildman–Crippen LogP) is 7.42. The normalized spacial score (nSPS) is 11.6. The maximum absolute atomic E-state index is 13.7. The van der Waals surface area contributed by atoms with Gasteiger partial charge in [-0.05, 0) is 60.1 Å². The molecule has 0 saturated carbocycles. The maximum Gasteiger partial charge on any atom is 0.243 e. The highest BCUT2D eigenvalue weighted by atomic mass is 35.5. The summed E-state index contributed by atoms with van der Waals surface area (Å²) in [6.07, 6.45) is 3.36. The lowest BCUT2D eigenvalue weighted by atomic mass is 10.0. The number of nitrogens with one attached hydrogen (secondary N) is 1. The van der Waals surface area contributed by atoms with Crippen LogP contribution in [0.1, 0.15) is 43.7 Å². The number of hydrogen-bond acceptors (Lipinski definition) is 3. The van der Waals surface area contributed by atoms with E-state index < -0.39 is 6.04 Å². The fourth-order valence-corrected chi connectivity index (χ4v) is 5.13. The lowest BCUT2D eigenvalue weighted by Gasteiger charge is -2.32. The number of halogens is 2. The molecule has 0 aliphatic heterocycles. The smallest absolute Gasteiger partial charge is 0.243 e. The summed E-state index contributed by atoms with van der Waals surface area (Å²) >= 11 is 14.1. The van der Waals surface area contributed by atoms with Crippen molar-refractivity contribution in [2.45, 2.75) is 56.5 Å². The summed E-state index contributed by atoms with van der Waals surface area (Å²) in [4.78, 5) is 29.9. The van der Waals surface area contributed by atoms with E-state index in [1.807, 2.05) is 78.9 Å². The van der Waals surface area contributed by atoms with Crippen LogP contribution in [-0.4, -0.2) is 35.1 Å². The van der Waals surface area contributed by atoms with Gasteiger partial charge in [-0.25, -0.2) is 0 Å². The molecule has 1 atom stereocenters. The van der Waals surface area contributed by atoms with Gasteiger partial charge in [0.2, 0.25) is 11.8 Å². The van der Waals surface area contributed by atoms with Gasteiger partial charge >= 0.3 is 0 Å². The van der Waals surface area contributed by atoms with Gasteiger partial charge in [0, 0.05) is 40.9 Å². The lowest BCUT2D eigenvalue weighted by molar-refractivity contribution is -0.141. The molecule has 0 unspecified atom stereocenters. The van der Waals surface area contributed by atoms with Crippen LogP contribution in [0.25, 0.3) is 0 Å². The van der Waals surface area contributed by atoms with E-state index in [0.29, 0.717) is 35.9 Å². The molecule has 0 aliphatic carbocycles. The molecule has 0 fully saturated rings. The third-order valence-electron chi connectivity index (χ3n) is 6.02. The van der Waals surface area contributed by atoms with E-state index in [9.17, 15) is 9.59 Å². The summed E-state index contributed by atoms with van der Waals surface area (Å²) in [6, 6.07) is 24.4. The minimum atomic E-state index is -0.632. The molecular weight excluding hydrogens is 523 g/mol. The Balaban J connectivity index is 1.78. The summed E-state index contributed by atoms with van der Waals surface area (Å²) < 4.78 is 0. The number of carbonyl (C=O) groups excluding carboxylic acids is 2. The average molecular weight is 558 g/mol. The third-order valence-corrected chi connectivity index (χ3v) is 7.74. The summed E-state index contributed by atoms with van der Waals surface area (Å²) in [5.74, 6) is 0.607. The van der Waals surface area contributed by atoms with Gasteiger partial charge in [0.25, 0.3) is 0 Å². The van der Waals surface area contributed by atoms with Gasteiger partial charge in [-0.15, -0.1) is 11.8 Å². The van der Waals surface area contributed by atoms with Gasteiger partial charge in [-0.3, -0.25) is 9.59 Å². The molecule has 0 spiro atoms. The van der Waals surface area contributed by atoms with Crippen molar-refractivity contribution in [2.24, 2.45) is 0 Å². The van der Waals surface area contributed by atoms with E-state index in [4.69, 9.17) is 23.2 Å². The molecule has 3 rings (SSSR count). The van der Waals surface area contributed by atoms with Crippen LogP contribution in [0.3, 0.4) is 0 Å². The molecular formula is C30H34Cl2N2O2S. The Kier molecular flexibility index (Phi) is 12.3. The van der Waals surface area contributed by atoms with E-state index >= 15 is 0 Å². The van der Waals surface area contributed by atoms with Crippen LogP contribution in [0.2, 0.25) is 10.0 Å². The Hall–Kier alpha value is -2.47. The van der Waals surface area contributed by atoms with E-state index in [2.05, 4.69) is 12.2 Å². The first-order chi connectivity index (χ1) is 18.0. The highest BCUT2D eigenvalue weighted by Crippen LogP contribution is 2.24.